The lowest BCUT2D eigenvalue weighted by molar-refractivity contribution is -0.144. The van der Waals surface area contributed by atoms with Crippen LogP contribution in [0.5, 0.6) is 0 Å². The molecule has 2 amide bonds. The second kappa shape index (κ2) is 9.73. The largest absolute Gasteiger partial charge is 0.383 e. The zero-order valence-electron chi connectivity index (χ0n) is 13.5. The van der Waals surface area contributed by atoms with E-state index in [1.54, 1.807) is 12.0 Å². The number of nitrogens with one attached hydrogen (secondary N) is 2. The van der Waals surface area contributed by atoms with Crippen LogP contribution in [0.3, 0.4) is 0 Å². The first kappa shape index (κ1) is 17.9. The van der Waals surface area contributed by atoms with Crippen molar-refractivity contribution in [2.45, 2.75) is 39.2 Å². The van der Waals surface area contributed by atoms with Gasteiger partial charge in [-0.2, -0.15) is 0 Å². The van der Waals surface area contributed by atoms with E-state index < -0.39 is 0 Å². The predicted octanol–water partition coefficient (Wildman–Crippen LogP) is 0.376. The van der Waals surface area contributed by atoms with Crippen molar-refractivity contribution in [3.05, 3.63) is 0 Å². The number of amides is 2. The van der Waals surface area contributed by atoms with Crippen molar-refractivity contribution in [2.24, 2.45) is 5.92 Å². The molecule has 1 atom stereocenters. The maximum atomic E-state index is 12.3. The van der Waals surface area contributed by atoms with E-state index in [2.05, 4.69) is 10.6 Å². The van der Waals surface area contributed by atoms with Crippen molar-refractivity contribution >= 4 is 11.8 Å². The summed E-state index contributed by atoms with van der Waals surface area (Å²) in [5.41, 5.74) is 0. The first-order valence-electron chi connectivity index (χ1n) is 7.85. The van der Waals surface area contributed by atoms with Crippen LogP contribution in [0.15, 0.2) is 0 Å². The van der Waals surface area contributed by atoms with Gasteiger partial charge in [-0.1, -0.05) is 13.8 Å². The fourth-order valence-electron chi connectivity index (χ4n) is 2.49. The molecule has 0 aromatic carbocycles. The topological polar surface area (TPSA) is 70.7 Å². The molecule has 0 saturated carbocycles. The van der Waals surface area contributed by atoms with Crippen LogP contribution in [0.4, 0.5) is 0 Å². The van der Waals surface area contributed by atoms with E-state index in [4.69, 9.17) is 4.74 Å². The summed E-state index contributed by atoms with van der Waals surface area (Å²) in [5.74, 6) is -0.0144. The van der Waals surface area contributed by atoms with Crippen molar-refractivity contribution in [1.29, 1.82) is 0 Å². The Hall–Kier alpha value is -1.14. The van der Waals surface area contributed by atoms with Gasteiger partial charge in [0.25, 0.3) is 0 Å². The van der Waals surface area contributed by atoms with Gasteiger partial charge >= 0.3 is 0 Å². The lowest BCUT2D eigenvalue weighted by Crippen LogP contribution is -2.53. The molecular weight excluding hydrogens is 270 g/mol. The van der Waals surface area contributed by atoms with Crippen molar-refractivity contribution in [1.82, 2.24) is 15.5 Å². The number of hydrogen-bond acceptors (Lipinski definition) is 4. The molecule has 1 aliphatic heterocycles. The summed E-state index contributed by atoms with van der Waals surface area (Å²) in [6.07, 6.45) is 2.76. The van der Waals surface area contributed by atoms with E-state index in [0.29, 0.717) is 26.2 Å². The van der Waals surface area contributed by atoms with Gasteiger partial charge in [-0.05, 0) is 19.3 Å². The average molecular weight is 299 g/mol. The molecule has 2 N–H and O–H groups in total. The number of nitrogens with zero attached hydrogens (tertiary/aromatic N) is 1. The predicted molar refractivity (Wildman–Crippen MR) is 81.9 cm³/mol. The molecule has 1 rings (SSSR count). The summed E-state index contributed by atoms with van der Waals surface area (Å²) in [6, 6.07) is -0.298. The Morgan fingerprint density at radius 2 is 2.00 bits per heavy atom. The zero-order chi connectivity index (χ0) is 15.7. The van der Waals surface area contributed by atoms with Gasteiger partial charge in [-0.3, -0.25) is 9.59 Å². The molecule has 122 valence electrons. The molecule has 1 aliphatic rings. The fraction of sp³-hybridized carbons (Fsp3) is 0.867. The van der Waals surface area contributed by atoms with E-state index in [9.17, 15) is 9.59 Å². The number of hydrogen-bond donors (Lipinski definition) is 2. The number of carbonyl (C=O) groups is 2. The number of carbonyl (C=O) groups excluding carboxylic acids is 2. The number of piperidine rings is 1. The minimum absolute atomic E-state index is 0.0303. The van der Waals surface area contributed by atoms with Gasteiger partial charge in [-0.15, -0.1) is 0 Å². The Morgan fingerprint density at radius 3 is 2.67 bits per heavy atom. The number of methoxy groups -OCH3 is 1. The molecule has 1 unspecified atom stereocenters. The van der Waals surface area contributed by atoms with Crippen LogP contribution in [0.2, 0.25) is 0 Å². The van der Waals surface area contributed by atoms with Gasteiger partial charge in [0, 0.05) is 39.2 Å². The van der Waals surface area contributed by atoms with Gasteiger partial charge in [0.15, 0.2) is 0 Å². The van der Waals surface area contributed by atoms with E-state index in [-0.39, 0.29) is 23.8 Å². The minimum atomic E-state index is -0.298. The van der Waals surface area contributed by atoms with E-state index in [1.165, 1.54) is 0 Å². The Labute approximate surface area is 127 Å². The van der Waals surface area contributed by atoms with Crippen molar-refractivity contribution in [3.63, 3.8) is 0 Å². The molecule has 0 aliphatic carbocycles. The lowest BCUT2D eigenvalue weighted by atomic mass is 9.99. The fourth-order valence-corrected chi connectivity index (χ4v) is 2.49. The van der Waals surface area contributed by atoms with Gasteiger partial charge < -0.3 is 20.3 Å². The van der Waals surface area contributed by atoms with Crippen LogP contribution < -0.4 is 10.6 Å². The second-order valence-electron chi connectivity index (χ2n) is 5.73. The molecule has 0 radical (unpaired) electrons. The van der Waals surface area contributed by atoms with Gasteiger partial charge in [-0.25, -0.2) is 0 Å². The summed E-state index contributed by atoms with van der Waals surface area (Å²) in [5, 5.41) is 6.09. The minimum Gasteiger partial charge on any atom is -0.383 e. The number of likely N-dealkylation sites (tertiary alicyclic amines) is 1. The Bertz CT molecular complexity index is 334. The molecule has 0 aromatic rings. The Balaban J connectivity index is 2.37. The maximum Gasteiger partial charge on any atom is 0.242 e. The molecule has 0 bridgehead atoms. The Morgan fingerprint density at radius 1 is 1.24 bits per heavy atom. The third-order valence-corrected chi connectivity index (χ3v) is 3.67. The first-order valence-corrected chi connectivity index (χ1v) is 7.85. The Kier molecular flexibility index (Phi) is 8.30. The highest BCUT2D eigenvalue weighted by molar-refractivity contribution is 5.88. The normalized spacial score (nSPS) is 18.9. The monoisotopic (exact) mass is 299 g/mol. The summed E-state index contributed by atoms with van der Waals surface area (Å²) in [6.45, 7) is 7.17. The highest BCUT2D eigenvalue weighted by atomic mass is 16.5. The summed E-state index contributed by atoms with van der Waals surface area (Å²) < 4.78 is 4.93. The van der Waals surface area contributed by atoms with Crippen LogP contribution in [0.1, 0.15) is 33.1 Å². The third kappa shape index (κ3) is 6.01. The second-order valence-corrected chi connectivity index (χ2v) is 5.73. The molecule has 0 aromatic heterocycles. The van der Waals surface area contributed by atoms with E-state index in [1.807, 2.05) is 13.8 Å². The van der Waals surface area contributed by atoms with Gasteiger partial charge in [0.2, 0.25) is 11.8 Å². The molecule has 21 heavy (non-hydrogen) atoms. The molecule has 6 nitrogen and oxygen atoms in total. The van der Waals surface area contributed by atoms with Crippen molar-refractivity contribution in [2.75, 3.05) is 39.9 Å². The van der Waals surface area contributed by atoms with Crippen molar-refractivity contribution in [3.8, 4) is 0 Å². The molecule has 0 spiro atoms. The lowest BCUT2D eigenvalue weighted by Gasteiger charge is -2.35. The SMILES string of the molecule is COCCNCCNC(=O)C1CCCCN1C(=O)C(C)C. The summed E-state index contributed by atoms with van der Waals surface area (Å²) >= 11 is 0. The van der Waals surface area contributed by atoms with Crippen LogP contribution in [0, 0.1) is 5.92 Å². The number of rotatable bonds is 8. The first-order chi connectivity index (χ1) is 10.1. The smallest absolute Gasteiger partial charge is 0.242 e. The molecule has 1 saturated heterocycles. The third-order valence-electron chi connectivity index (χ3n) is 3.67. The van der Waals surface area contributed by atoms with Crippen LogP contribution in [-0.2, 0) is 14.3 Å². The standard InChI is InChI=1S/C15H29N3O3/c1-12(2)15(20)18-10-5-4-6-13(18)14(19)17-8-7-16-9-11-21-3/h12-13,16H,4-11H2,1-3H3,(H,17,19). The number of ether oxygens (including phenoxy) is 1. The van der Waals surface area contributed by atoms with Crippen LogP contribution >= 0.6 is 0 Å². The van der Waals surface area contributed by atoms with Crippen LogP contribution in [-0.4, -0.2) is 62.7 Å². The van der Waals surface area contributed by atoms with Crippen molar-refractivity contribution < 1.29 is 14.3 Å². The summed E-state index contributed by atoms with van der Waals surface area (Å²) in [4.78, 5) is 26.2. The average Bonchev–Trinajstić information content (AvgIpc) is 2.49. The molecule has 6 heteroatoms. The highest BCUT2D eigenvalue weighted by Crippen LogP contribution is 2.19. The van der Waals surface area contributed by atoms with E-state index >= 15 is 0 Å². The molecular formula is C15H29N3O3. The molecule has 1 heterocycles. The maximum absolute atomic E-state index is 12.3. The molecule has 1 fully saturated rings. The quantitative estimate of drug-likeness (QED) is 0.636. The van der Waals surface area contributed by atoms with Gasteiger partial charge in [0.1, 0.15) is 6.04 Å². The zero-order valence-corrected chi connectivity index (χ0v) is 13.5. The highest BCUT2D eigenvalue weighted by Gasteiger charge is 2.32. The van der Waals surface area contributed by atoms with Crippen LogP contribution in [0.25, 0.3) is 0 Å². The summed E-state index contributed by atoms with van der Waals surface area (Å²) in [7, 11) is 1.66. The van der Waals surface area contributed by atoms with E-state index in [0.717, 1.165) is 25.8 Å². The van der Waals surface area contributed by atoms with Gasteiger partial charge in [0.05, 0.1) is 6.61 Å².